The Hall–Kier alpha value is -0.130. The van der Waals surface area contributed by atoms with Crippen molar-refractivity contribution in [3.8, 4) is 0 Å². The van der Waals surface area contributed by atoms with Gasteiger partial charge in [0.25, 0.3) is 0 Å². The molecular weight excluding hydrogens is 214 g/mol. The molecule has 1 rings (SSSR count). The quantitative estimate of drug-likeness (QED) is 0.720. The number of sulfone groups is 1. The molecule has 0 aromatic heterocycles. The van der Waals surface area contributed by atoms with Crippen molar-refractivity contribution in [1.29, 1.82) is 0 Å². The van der Waals surface area contributed by atoms with Gasteiger partial charge in [-0.1, -0.05) is 13.3 Å². The Bertz CT molecular complexity index is 285. The summed E-state index contributed by atoms with van der Waals surface area (Å²) in [5.41, 5.74) is 0. The maximum atomic E-state index is 11.5. The molecule has 4 nitrogen and oxygen atoms in total. The average molecular weight is 235 g/mol. The van der Waals surface area contributed by atoms with E-state index >= 15 is 0 Å². The summed E-state index contributed by atoms with van der Waals surface area (Å²) in [7, 11) is -2.96. The van der Waals surface area contributed by atoms with Crippen molar-refractivity contribution in [3.63, 3.8) is 0 Å². The molecule has 90 valence electrons. The molecule has 0 aromatic rings. The van der Waals surface area contributed by atoms with Gasteiger partial charge >= 0.3 is 0 Å². The van der Waals surface area contributed by atoms with E-state index in [-0.39, 0.29) is 23.9 Å². The predicted molar refractivity (Wildman–Crippen MR) is 60.6 cm³/mol. The van der Waals surface area contributed by atoms with Gasteiger partial charge in [0, 0.05) is 18.3 Å². The van der Waals surface area contributed by atoms with Crippen molar-refractivity contribution >= 4 is 9.84 Å². The first-order chi connectivity index (χ1) is 6.99. The molecule has 0 radical (unpaired) electrons. The van der Waals surface area contributed by atoms with E-state index in [2.05, 4.69) is 5.32 Å². The Morgan fingerprint density at radius 3 is 2.60 bits per heavy atom. The predicted octanol–water partition coefficient (Wildman–Crippen LogP) is 0.313. The number of aliphatic hydroxyl groups is 1. The zero-order valence-corrected chi connectivity index (χ0v) is 10.3. The fraction of sp³-hybridized carbons (Fsp3) is 1.00. The standard InChI is InChI=1S/C10H21NO3S/c1-3-8(7-12)11-9-5-4-6-10(9)15(2,13)14/h8-12H,3-7H2,1-2H3/t8-,9?,10?/m0/s1. The first-order valence-corrected chi connectivity index (χ1v) is 7.50. The van der Waals surface area contributed by atoms with E-state index in [1.165, 1.54) is 6.26 Å². The zero-order valence-electron chi connectivity index (χ0n) is 9.44. The molecule has 0 aromatic carbocycles. The molecule has 0 amide bonds. The number of hydrogen-bond acceptors (Lipinski definition) is 4. The molecule has 1 aliphatic rings. The van der Waals surface area contributed by atoms with Crippen LogP contribution in [0, 0.1) is 0 Å². The van der Waals surface area contributed by atoms with E-state index in [9.17, 15) is 8.42 Å². The third-order valence-electron chi connectivity index (χ3n) is 3.17. The molecule has 0 saturated heterocycles. The summed E-state index contributed by atoms with van der Waals surface area (Å²) in [6.07, 6.45) is 4.73. The van der Waals surface area contributed by atoms with E-state index < -0.39 is 9.84 Å². The highest BCUT2D eigenvalue weighted by Gasteiger charge is 2.35. The lowest BCUT2D eigenvalue weighted by Crippen LogP contribution is -2.46. The Morgan fingerprint density at radius 1 is 1.47 bits per heavy atom. The summed E-state index contributed by atoms with van der Waals surface area (Å²) in [5, 5.41) is 12.0. The Kier molecular flexibility index (Phi) is 4.55. The highest BCUT2D eigenvalue weighted by atomic mass is 32.2. The topological polar surface area (TPSA) is 66.4 Å². The molecule has 2 unspecified atom stereocenters. The minimum Gasteiger partial charge on any atom is -0.395 e. The largest absolute Gasteiger partial charge is 0.395 e. The molecule has 1 fully saturated rings. The summed E-state index contributed by atoms with van der Waals surface area (Å²) in [4.78, 5) is 0. The SMILES string of the molecule is CC[C@@H](CO)NC1CCCC1S(C)(=O)=O. The van der Waals surface area contributed by atoms with Crippen LogP contribution in [0.1, 0.15) is 32.6 Å². The van der Waals surface area contributed by atoms with E-state index in [4.69, 9.17) is 5.11 Å². The zero-order chi connectivity index (χ0) is 11.5. The van der Waals surface area contributed by atoms with Gasteiger partial charge in [0.15, 0.2) is 9.84 Å². The van der Waals surface area contributed by atoms with Crippen molar-refractivity contribution in [1.82, 2.24) is 5.32 Å². The second kappa shape index (κ2) is 5.27. The third kappa shape index (κ3) is 3.43. The lowest BCUT2D eigenvalue weighted by molar-refractivity contribution is 0.228. The molecule has 1 aliphatic carbocycles. The maximum absolute atomic E-state index is 11.5. The molecule has 15 heavy (non-hydrogen) atoms. The highest BCUT2D eigenvalue weighted by molar-refractivity contribution is 7.91. The normalized spacial score (nSPS) is 29.3. The van der Waals surface area contributed by atoms with Crippen LogP contribution in [0.4, 0.5) is 0 Å². The van der Waals surface area contributed by atoms with Gasteiger partial charge in [-0.2, -0.15) is 0 Å². The third-order valence-corrected chi connectivity index (χ3v) is 4.83. The lowest BCUT2D eigenvalue weighted by Gasteiger charge is -2.24. The Labute approximate surface area is 92.0 Å². The van der Waals surface area contributed by atoms with Crippen LogP contribution in [0.2, 0.25) is 0 Å². The molecule has 2 N–H and O–H groups in total. The van der Waals surface area contributed by atoms with Crippen LogP contribution in [-0.2, 0) is 9.84 Å². The second-order valence-corrected chi connectivity index (χ2v) is 6.62. The van der Waals surface area contributed by atoms with Crippen LogP contribution in [0.5, 0.6) is 0 Å². The monoisotopic (exact) mass is 235 g/mol. The van der Waals surface area contributed by atoms with Gasteiger partial charge in [-0.25, -0.2) is 8.42 Å². The van der Waals surface area contributed by atoms with Crippen molar-refractivity contribution in [2.75, 3.05) is 12.9 Å². The summed E-state index contributed by atoms with van der Waals surface area (Å²) >= 11 is 0. The molecular formula is C10H21NO3S. The maximum Gasteiger partial charge on any atom is 0.151 e. The van der Waals surface area contributed by atoms with E-state index in [0.29, 0.717) is 0 Å². The molecule has 0 bridgehead atoms. The van der Waals surface area contributed by atoms with E-state index in [1.807, 2.05) is 6.92 Å². The molecule has 0 aliphatic heterocycles. The van der Waals surface area contributed by atoms with Crippen LogP contribution < -0.4 is 5.32 Å². The second-order valence-electron chi connectivity index (χ2n) is 4.36. The van der Waals surface area contributed by atoms with Crippen LogP contribution in [-0.4, -0.2) is 43.7 Å². The minimum absolute atomic E-state index is 0.0251. The minimum atomic E-state index is -2.96. The van der Waals surface area contributed by atoms with Crippen molar-refractivity contribution in [2.24, 2.45) is 0 Å². The average Bonchev–Trinajstić information content (AvgIpc) is 2.61. The van der Waals surface area contributed by atoms with E-state index in [1.54, 1.807) is 0 Å². The van der Waals surface area contributed by atoms with Gasteiger partial charge in [-0.05, 0) is 19.3 Å². The molecule has 1 saturated carbocycles. The summed E-state index contributed by atoms with van der Waals surface area (Å²) in [5.74, 6) is 0. The van der Waals surface area contributed by atoms with Crippen molar-refractivity contribution in [2.45, 2.75) is 49.9 Å². The summed E-state index contributed by atoms with van der Waals surface area (Å²) < 4.78 is 23.0. The molecule has 3 atom stereocenters. The number of nitrogens with one attached hydrogen (secondary N) is 1. The van der Waals surface area contributed by atoms with Gasteiger partial charge in [0.1, 0.15) is 0 Å². The fourth-order valence-electron chi connectivity index (χ4n) is 2.23. The van der Waals surface area contributed by atoms with Gasteiger partial charge in [-0.3, -0.25) is 0 Å². The molecule has 0 spiro atoms. The summed E-state index contributed by atoms with van der Waals surface area (Å²) in [6.45, 7) is 2.06. The van der Waals surface area contributed by atoms with E-state index in [0.717, 1.165) is 25.7 Å². The fourth-order valence-corrected chi connectivity index (χ4v) is 3.64. The smallest absolute Gasteiger partial charge is 0.151 e. The number of hydrogen-bond donors (Lipinski definition) is 2. The van der Waals surface area contributed by atoms with Crippen LogP contribution >= 0.6 is 0 Å². The highest BCUT2D eigenvalue weighted by Crippen LogP contribution is 2.25. The number of rotatable bonds is 5. The van der Waals surface area contributed by atoms with Crippen molar-refractivity contribution < 1.29 is 13.5 Å². The lowest BCUT2D eigenvalue weighted by atomic mass is 10.1. The van der Waals surface area contributed by atoms with Gasteiger partial charge in [-0.15, -0.1) is 0 Å². The number of aliphatic hydroxyl groups excluding tert-OH is 1. The summed E-state index contributed by atoms with van der Waals surface area (Å²) in [6, 6.07) is 0.0504. The van der Waals surface area contributed by atoms with Gasteiger partial charge < -0.3 is 10.4 Å². The Morgan fingerprint density at radius 2 is 2.13 bits per heavy atom. The van der Waals surface area contributed by atoms with Crippen LogP contribution in [0.3, 0.4) is 0 Å². The molecule has 0 heterocycles. The van der Waals surface area contributed by atoms with Crippen LogP contribution in [0.15, 0.2) is 0 Å². The first-order valence-electron chi connectivity index (χ1n) is 5.54. The first kappa shape index (κ1) is 12.9. The van der Waals surface area contributed by atoms with Crippen molar-refractivity contribution in [3.05, 3.63) is 0 Å². The molecule has 5 heteroatoms. The van der Waals surface area contributed by atoms with Gasteiger partial charge in [0.2, 0.25) is 0 Å². The van der Waals surface area contributed by atoms with Gasteiger partial charge in [0.05, 0.1) is 11.9 Å². The Balaban J connectivity index is 2.61. The van der Waals surface area contributed by atoms with Crippen LogP contribution in [0.25, 0.3) is 0 Å².